The number of rotatable bonds is 3. The van der Waals surface area contributed by atoms with Crippen LogP contribution in [-0.4, -0.2) is 22.7 Å². The SMILES string of the molecule is CC1(C)OC(=O)C(=CNc2ccccc2-c2ccncc2)C(=O)O1. The molecule has 1 aliphatic rings. The number of benzene rings is 1. The number of aromatic nitrogens is 1. The van der Waals surface area contributed by atoms with Gasteiger partial charge in [-0.25, -0.2) is 9.59 Å². The van der Waals surface area contributed by atoms with Gasteiger partial charge in [0.15, 0.2) is 5.57 Å². The third kappa shape index (κ3) is 3.27. The van der Waals surface area contributed by atoms with Crippen LogP contribution in [0.2, 0.25) is 0 Å². The van der Waals surface area contributed by atoms with Crippen molar-refractivity contribution in [2.24, 2.45) is 0 Å². The number of anilines is 1. The van der Waals surface area contributed by atoms with E-state index in [0.29, 0.717) is 0 Å². The highest BCUT2D eigenvalue weighted by Gasteiger charge is 2.38. The Hall–Kier alpha value is -3.15. The lowest BCUT2D eigenvalue weighted by atomic mass is 10.1. The molecule has 0 spiro atoms. The molecule has 0 amide bonds. The van der Waals surface area contributed by atoms with Crippen LogP contribution in [0.25, 0.3) is 11.1 Å². The summed E-state index contributed by atoms with van der Waals surface area (Å²) in [6.45, 7) is 3.01. The molecular weight excluding hydrogens is 308 g/mol. The molecule has 2 aromatic rings. The molecule has 1 fully saturated rings. The highest BCUT2D eigenvalue weighted by atomic mass is 16.7. The van der Waals surface area contributed by atoms with E-state index in [4.69, 9.17) is 9.47 Å². The van der Waals surface area contributed by atoms with Crippen molar-refractivity contribution < 1.29 is 19.1 Å². The van der Waals surface area contributed by atoms with Crippen LogP contribution < -0.4 is 5.32 Å². The number of hydrogen-bond acceptors (Lipinski definition) is 6. The average Bonchev–Trinajstić information content (AvgIpc) is 2.54. The second-order valence-electron chi connectivity index (χ2n) is 5.66. The van der Waals surface area contributed by atoms with Crippen molar-refractivity contribution in [1.82, 2.24) is 4.98 Å². The van der Waals surface area contributed by atoms with E-state index in [1.165, 1.54) is 20.0 Å². The summed E-state index contributed by atoms with van der Waals surface area (Å²) < 4.78 is 10.1. The lowest BCUT2D eigenvalue weighted by Gasteiger charge is -2.29. The molecule has 6 heteroatoms. The van der Waals surface area contributed by atoms with Crippen molar-refractivity contribution >= 4 is 17.6 Å². The summed E-state index contributed by atoms with van der Waals surface area (Å²) in [6.07, 6.45) is 4.70. The Morgan fingerprint density at radius 2 is 1.62 bits per heavy atom. The van der Waals surface area contributed by atoms with Crippen LogP contribution >= 0.6 is 0 Å². The number of pyridine rings is 1. The van der Waals surface area contributed by atoms with Crippen molar-refractivity contribution in [1.29, 1.82) is 0 Å². The highest BCUT2D eigenvalue weighted by molar-refractivity contribution is 6.15. The summed E-state index contributed by atoms with van der Waals surface area (Å²) in [5, 5.41) is 2.99. The number of nitrogens with zero attached hydrogens (tertiary/aromatic N) is 1. The fourth-order valence-electron chi connectivity index (χ4n) is 2.32. The Bertz CT molecular complexity index is 791. The van der Waals surface area contributed by atoms with Gasteiger partial charge in [-0.05, 0) is 23.8 Å². The topological polar surface area (TPSA) is 77.5 Å². The molecule has 1 aromatic carbocycles. The van der Waals surface area contributed by atoms with Gasteiger partial charge in [0.05, 0.1) is 0 Å². The zero-order chi connectivity index (χ0) is 17.2. The first-order valence-electron chi connectivity index (χ1n) is 7.39. The molecule has 122 valence electrons. The van der Waals surface area contributed by atoms with Gasteiger partial charge in [-0.15, -0.1) is 0 Å². The van der Waals surface area contributed by atoms with Crippen LogP contribution in [0.3, 0.4) is 0 Å². The van der Waals surface area contributed by atoms with Crippen LogP contribution in [0.5, 0.6) is 0 Å². The highest BCUT2D eigenvalue weighted by Crippen LogP contribution is 2.28. The summed E-state index contributed by atoms with van der Waals surface area (Å²) in [5.74, 6) is -2.68. The largest absolute Gasteiger partial charge is 0.419 e. The molecule has 1 N–H and O–H groups in total. The van der Waals surface area contributed by atoms with Crippen LogP contribution in [0.1, 0.15) is 13.8 Å². The van der Waals surface area contributed by atoms with Gasteiger partial charge >= 0.3 is 11.9 Å². The molecule has 0 bridgehead atoms. The standard InChI is InChI=1S/C18H16N2O4/c1-18(2)23-16(21)14(17(22)24-18)11-20-15-6-4-3-5-13(15)12-7-9-19-10-8-12/h3-11,20H,1-2H3. The van der Waals surface area contributed by atoms with Crippen molar-refractivity contribution in [3.8, 4) is 11.1 Å². The Morgan fingerprint density at radius 1 is 1.00 bits per heavy atom. The zero-order valence-electron chi connectivity index (χ0n) is 13.3. The average molecular weight is 324 g/mol. The summed E-state index contributed by atoms with van der Waals surface area (Å²) in [5.41, 5.74) is 2.43. The van der Waals surface area contributed by atoms with Crippen molar-refractivity contribution in [3.63, 3.8) is 0 Å². The zero-order valence-corrected chi connectivity index (χ0v) is 13.3. The van der Waals surface area contributed by atoms with Gasteiger partial charge in [0.25, 0.3) is 5.79 Å². The molecule has 0 unspecified atom stereocenters. The third-order valence-electron chi connectivity index (χ3n) is 3.41. The van der Waals surface area contributed by atoms with Gasteiger partial charge in [-0.2, -0.15) is 0 Å². The van der Waals surface area contributed by atoms with Gasteiger partial charge in [-0.3, -0.25) is 4.98 Å². The summed E-state index contributed by atoms with van der Waals surface area (Å²) >= 11 is 0. The molecule has 1 saturated heterocycles. The normalized spacial score (nSPS) is 16.2. The molecule has 1 aromatic heterocycles. The monoisotopic (exact) mass is 324 g/mol. The van der Waals surface area contributed by atoms with Crippen molar-refractivity contribution in [3.05, 3.63) is 60.6 Å². The smallest absolute Gasteiger partial charge is 0.350 e. The van der Waals surface area contributed by atoms with Crippen LogP contribution in [-0.2, 0) is 19.1 Å². The second-order valence-corrected chi connectivity index (χ2v) is 5.66. The summed E-state index contributed by atoms with van der Waals surface area (Å²) in [6, 6.07) is 11.3. The first-order chi connectivity index (χ1) is 11.5. The number of hydrogen-bond donors (Lipinski definition) is 1. The van der Waals surface area contributed by atoms with E-state index in [1.807, 2.05) is 36.4 Å². The Kier molecular flexibility index (Phi) is 4.04. The summed E-state index contributed by atoms with van der Waals surface area (Å²) in [7, 11) is 0. The molecule has 3 rings (SSSR count). The minimum Gasteiger partial charge on any atom is -0.419 e. The number of esters is 2. The minimum absolute atomic E-state index is 0.182. The lowest BCUT2D eigenvalue weighted by Crippen LogP contribution is -2.42. The van der Waals surface area contributed by atoms with Crippen molar-refractivity contribution in [2.45, 2.75) is 19.6 Å². The van der Waals surface area contributed by atoms with Crippen LogP contribution in [0.15, 0.2) is 60.6 Å². The number of cyclic esters (lactones) is 2. The van der Waals surface area contributed by atoms with E-state index < -0.39 is 17.7 Å². The number of ether oxygens (including phenoxy) is 2. The fraction of sp³-hybridized carbons (Fsp3) is 0.167. The van der Waals surface area contributed by atoms with E-state index >= 15 is 0 Å². The van der Waals surface area contributed by atoms with E-state index in [2.05, 4.69) is 10.3 Å². The van der Waals surface area contributed by atoms with Crippen molar-refractivity contribution in [2.75, 3.05) is 5.32 Å². The predicted octanol–water partition coefficient (Wildman–Crippen LogP) is 2.88. The quantitative estimate of drug-likeness (QED) is 0.531. The van der Waals surface area contributed by atoms with Gasteiger partial charge in [0.1, 0.15) is 0 Å². The van der Waals surface area contributed by atoms with Crippen LogP contribution in [0.4, 0.5) is 5.69 Å². The molecular formula is C18H16N2O4. The molecule has 6 nitrogen and oxygen atoms in total. The Morgan fingerprint density at radius 3 is 2.29 bits per heavy atom. The molecule has 0 atom stereocenters. The predicted molar refractivity (Wildman–Crippen MR) is 87.6 cm³/mol. The number of carbonyl (C=O) groups is 2. The molecule has 0 radical (unpaired) electrons. The maximum atomic E-state index is 12.0. The second kappa shape index (κ2) is 6.16. The minimum atomic E-state index is -1.25. The van der Waals surface area contributed by atoms with E-state index in [1.54, 1.807) is 12.4 Å². The number of carbonyl (C=O) groups excluding carboxylic acids is 2. The summed E-state index contributed by atoms with van der Waals surface area (Å²) in [4.78, 5) is 27.9. The molecule has 0 saturated carbocycles. The first-order valence-corrected chi connectivity index (χ1v) is 7.39. The molecule has 0 aliphatic carbocycles. The maximum absolute atomic E-state index is 12.0. The van der Waals surface area contributed by atoms with E-state index in [0.717, 1.165) is 16.8 Å². The van der Waals surface area contributed by atoms with Gasteiger partial charge < -0.3 is 14.8 Å². The lowest BCUT2D eigenvalue weighted by molar-refractivity contribution is -0.222. The van der Waals surface area contributed by atoms with Gasteiger partial charge in [0, 0.05) is 43.7 Å². The Balaban J connectivity index is 1.88. The molecule has 2 heterocycles. The van der Waals surface area contributed by atoms with Gasteiger partial charge in [-0.1, -0.05) is 18.2 Å². The molecule has 24 heavy (non-hydrogen) atoms. The number of para-hydroxylation sites is 1. The molecule has 1 aliphatic heterocycles. The fourth-order valence-corrected chi connectivity index (χ4v) is 2.32. The van der Waals surface area contributed by atoms with Gasteiger partial charge in [0.2, 0.25) is 0 Å². The Labute approximate surface area is 139 Å². The van der Waals surface area contributed by atoms with E-state index in [9.17, 15) is 9.59 Å². The first kappa shape index (κ1) is 15.7. The number of nitrogens with one attached hydrogen (secondary N) is 1. The maximum Gasteiger partial charge on any atom is 0.350 e. The van der Waals surface area contributed by atoms with Crippen LogP contribution in [0, 0.1) is 0 Å². The van der Waals surface area contributed by atoms with E-state index in [-0.39, 0.29) is 5.57 Å². The third-order valence-corrected chi connectivity index (χ3v) is 3.41.